The number of benzene rings is 1. The Balaban J connectivity index is 0.981. The summed E-state index contributed by atoms with van der Waals surface area (Å²) in [4.78, 5) is 31.5. The van der Waals surface area contributed by atoms with E-state index >= 15 is 0 Å². The molecule has 1 aromatic carbocycles. The van der Waals surface area contributed by atoms with E-state index in [1.165, 1.54) is 6.42 Å². The molecule has 7 atom stereocenters. The van der Waals surface area contributed by atoms with Gasteiger partial charge in [0.25, 0.3) is 5.91 Å². The molecule has 6 aliphatic rings. The summed E-state index contributed by atoms with van der Waals surface area (Å²) in [6.07, 6.45) is 11.2. The Hall–Kier alpha value is -2.08. The Morgan fingerprint density at radius 3 is 2.59 bits per heavy atom. The van der Waals surface area contributed by atoms with Gasteiger partial charge in [0.2, 0.25) is 5.91 Å². The molecule has 2 saturated heterocycles. The van der Waals surface area contributed by atoms with Crippen molar-refractivity contribution in [1.82, 2.24) is 10.2 Å². The van der Waals surface area contributed by atoms with Crippen LogP contribution < -0.4 is 10.2 Å². The molecule has 5 bridgehead atoms. The maximum absolute atomic E-state index is 13.5. The van der Waals surface area contributed by atoms with Crippen LogP contribution in [-0.4, -0.2) is 58.6 Å². The number of anilines is 1. The van der Waals surface area contributed by atoms with Crippen LogP contribution in [-0.2, 0) is 4.79 Å². The minimum absolute atomic E-state index is 0.00426. The number of carbonyl (C=O) groups is 2. The van der Waals surface area contributed by atoms with Crippen LogP contribution in [0.25, 0.3) is 0 Å². The fourth-order valence-corrected chi connectivity index (χ4v) is 10.6. The number of aliphatic hydroxyl groups is 1. The molecular weight excluding hydrogens is 486 g/mol. The number of fused-ring (bicyclic) bond motifs is 4. The molecule has 7 unspecified atom stereocenters. The molecule has 7 rings (SSSR count). The largest absolute Gasteiger partial charge is 0.390 e. The quantitative estimate of drug-likeness (QED) is 0.562. The monoisotopic (exact) mass is 533 g/mol. The van der Waals surface area contributed by atoms with Crippen LogP contribution in [0, 0.1) is 28.6 Å². The molecule has 0 radical (unpaired) electrons. The molecule has 2 amide bonds. The van der Waals surface area contributed by atoms with Gasteiger partial charge in [-0.05, 0) is 118 Å². The number of nitrogens with one attached hydrogen (secondary N) is 1. The second kappa shape index (κ2) is 8.71. The molecule has 2 N–H and O–H groups in total. The van der Waals surface area contributed by atoms with E-state index in [4.69, 9.17) is 0 Å². The normalized spacial score (nSPS) is 42.1. The lowest BCUT2D eigenvalue weighted by Gasteiger charge is -2.41. The fourth-order valence-electron chi connectivity index (χ4n) is 10.6. The molecule has 4 saturated carbocycles. The van der Waals surface area contributed by atoms with Crippen molar-refractivity contribution >= 4 is 17.5 Å². The number of hydrogen-bond donors (Lipinski definition) is 2. The average molecular weight is 534 g/mol. The van der Waals surface area contributed by atoms with Crippen molar-refractivity contribution < 1.29 is 14.7 Å². The molecular formula is C33H47N3O3. The van der Waals surface area contributed by atoms with Gasteiger partial charge in [0.15, 0.2) is 0 Å². The van der Waals surface area contributed by atoms with Crippen molar-refractivity contribution in [1.29, 1.82) is 0 Å². The van der Waals surface area contributed by atoms with Crippen LogP contribution in [0.3, 0.4) is 0 Å². The van der Waals surface area contributed by atoms with Crippen LogP contribution in [0.5, 0.6) is 0 Å². The summed E-state index contributed by atoms with van der Waals surface area (Å²) < 4.78 is 0. The third-order valence-electron chi connectivity index (χ3n) is 11.7. The Labute approximate surface area is 233 Å². The second-order valence-corrected chi connectivity index (χ2v) is 15.8. The van der Waals surface area contributed by atoms with Crippen molar-refractivity contribution in [3.8, 4) is 0 Å². The molecule has 6 heteroatoms. The first-order valence-electron chi connectivity index (χ1n) is 15.6. The van der Waals surface area contributed by atoms with E-state index in [2.05, 4.69) is 48.0 Å². The van der Waals surface area contributed by atoms with E-state index in [1.807, 2.05) is 12.1 Å². The van der Waals surface area contributed by atoms with Crippen LogP contribution in [0.15, 0.2) is 24.3 Å². The van der Waals surface area contributed by atoms with Gasteiger partial charge in [0.1, 0.15) is 0 Å². The molecule has 0 aromatic heterocycles. The molecule has 6 nitrogen and oxygen atoms in total. The highest BCUT2D eigenvalue weighted by Crippen LogP contribution is 2.57. The number of carbonyl (C=O) groups excluding carboxylic acids is 2. The summed E-state index contributed by atoms with van der Waals surface area (Å²) in [5.74, 6) is 1.28. The van der Waals surface area contributed by atoms with Gasteiger partial charge in [-0.15, -0.1) is 0 Å². The first kappa shape index (κ1) is 25.9. The van der Waals surface area contributed by atoms with Gasteiger partial charge < -0.3 is 20.2 Å². The van der Waals surface area contributed by atoms with Gasteiger partial charge in [0.05, 0.1) is 11.5 Å². The maximum Gasteiger partial charge on any atom is 0.254 e. The fraction of sp³-hybridized carbons (Fsp3) is 0.758. The predicted molar refractivity (Wildman–Crippen MR) is 152 cm³/mol. The molecule has 4 aliphatic carbocycles. The molecule has 6 fully saturated rings. The van der Waals surface area contributed by atoms with E-state index in [9.17, 15) is 14.7 Å². The zero-order valence-electron chi connectivity index (χ0n) is 24.2. The van der Waals surface area contributed by atoms with Crippen molar-refractivity contribution in [3.05, 3.63) is 29.8 Å². The van der Waals surface area contributed by atoms with E-state index in [0.717, 1.165) is 95.1 Å². The van der Waals surface area contributed by atoms with Crippen LogP contribution in [0.4, 0.5) is 5.69 Å². The van der Waals surface area contributed by atoms with Gasteiger partial charge >= 0.3 is 0 Å². The molecule has 2 aliphatic heterocycles. The first-order chi connectivity index (χ1) is 18.4. The third kappa shape index (κ3) is 4.49. The SMILES string of the molecule is CC1(C)CC2CC(C)(CN2C(=O)c2ccc(N3CCC(C(=O)NC45CCCC6(O)CC(CC6C4)C5)C3)cc2)C1. The molecule has 1 aromatic rings. The number of likely N-dealkylation sites (tertiary alicyclic amines) is 1. The predicted octanol–water partition coefficient (Wildman–Crippen LogP) is 5.14. The summed E-state index contributed by atoms with van der Waals surface area (Å²) in [5, 5.41) is 14.7. The molecule has 2 heterocycles. The van der Waals surface area contributed by atoms with Gasteiger partial charge in [-0.2, -0.15) is 0 Å². The van der Waals surface area contributed by atoms with E-state index < -0.39 is 5.60 Å². The highest BCUT2D eigenvalue weighted by Gasteiger charge is 2.57. The lowest BCUT2D eigenvalue weighted by atomic mass is 9.65. The summed E-state index contributed by atoms with van der Waals surface area (Å²) in [6.45, 7) is 9.51. The summed E-state index contributed by atoms with van der Waals surface area (Å²) in [6, 6.07) is 8.48. The Kier molecular flexibility index (Phi) is 5.77. The van der Waals surface area contributed by atoms with Crippen molar-refractivity contribution in [3.63, 3.8) is 0 Å². The van der Waals surface area contributed by atoms with Crippen molar-refractivity contribution in [2.24, 2.45) is 28.6 Å². The number of hydrogen-bond acceptors (Lipinski definition) is 4. The van der Waals surface area contributed by atoms with Crippen LogP contribution in [0.1, 0.15) is 102 Å². The smallest absolute Gasteiger partial charge is 0.254 e. The highest BCUT2D eigenvalue weighted by atomic mass is 16.3. The minimum atomic E-state index is -0.479. The highest BCUT2D eigenvalue weighted by molar-refractivity contribution is 5.95. The first-order valence-corrected chi connectivity index (χ1v) is 15.6. The molecule has 212 valence electrons. The van der Waals surface area contributed by atoms with Crippen molar-refractivity contribution in [2.45, 2.75) is 109 Å². The lowest BCUT2D eigenvalue weighted by Crippen LogP contribution is -2.53. The van der Waals surface area contributed by atoms with Gasteiger partial charge in [-0.3, -0.25) is 9.59 Å². The maximum atomic E-state index is 13.5. The number of amides is 2. The molecule has 0 spiro atoms. The third-order valence-corrected chi connectivity index (χ3v) is 11.7. The number of nitrogens with zero attached hydrogens (tertiary/aromatic N) is 2. The van der Waals surface area contributed by atoms with Crippen LogP contribution in [0.2, 0.25) is 0 Å². The zero-order valence-corrected chi connectivity index (χ0v) is 24.2. The summed E-state index contributed by atoms with van der Waals surface area (Å²) >= 11 is 0. The van der Waals surface area contributed by atoms with E-state index in [0.29, 0.717) is 23.3 Å². The average Bonchev–Trinajstić information content (AvgIpc) is 3.49. The summed E-state index contributed by atoms with van der Waals surface area (Å²) in [7, 11) is 0. The van der Waals surface area contributed by atoms with Crippen LogP contribution >= 0.6 is 0 Å². The summed E-state index contributed by atoms with van der Waals surface area (Å²) in [5.41, 5.74) is 1.82. The Bertz CT molecular complexity index is 1170. The topological polar surface area (TPSA) is 72.9 Å². The minimum Gasteiger partial charge on any atom is -0.390 e. The Morgan fingerprint density at radius 1 is 1.00 bits per heavy atom. The van der Waals surface area contributed by atoms with Gasteiger partial charge in [0, 0.05) is 42.5 Å². The van der Waals surface area contributed by atoms with Gasteiger partial charge in [-0.1, -0.05) is 20.8 Å². The van der Waals surface area contributed by atoms with Gasteiger partial charge in [-0.25, -0.2) is 0 Å². The standard InChI is InChI=1S/C33H47N3O3/c1-30(2)17-27-18-31(3,20-30)21-36(27)29(38)23-5-7-26(8-6-23)35-12-9-24(19-35)28(37)34-32-10-4-11-33(39)15-22(14-32)13-25(33)16-32/h5-8,22,24-25,27,39H,4,9-21H2,1-3H3,(H,34,37). The number of rotatable bonds is 4. The zero-order chi connectivity index (χ0) is 27.2. The molecule has 39 heavy (non-hydrogen) atoms. The lowest BCUT2D eigenvalue weighted by molar-refractivity contribution is -0.127. The Morgan fingerprint density at radius 2 is 1.79 bits per heavy atom. The second-order valence-electron chi connectivity index (χ2n) is 15.8. The van der Waals surface area contributed by atoms with E-state index in [-0.39, 0.29) is 28.7 Å². The van der Waals surface area contributed by atoms with Crippen molar-refractivity contribution in [2.75, 3.05) is 24.5 Å². The van der Waals surface area contributed by atoms with E-state index in [1.54, 1.807) is 0 Å².